The quantitative estimate of drug-likeness (QED) is 0.883. The zero-order valence-electron chi connectivity index (χ0n) is 11.7. The third-order valence-electron chi connectivity index (χ3n) is 3.66. The van der Waals surface area contributed by atoms with Crippen molar-refractivity contribution in [1.29, 1.82) is 0 Å². The second-order valence-corrected chi connectivity index (χ2v) is 5.11. The van der Waals surface area contributed by atoms with Crippen LogP contribution >= 0.6 is 0 Å². The third-order valence-corrected chi connectivity index (χ3v) is 3.66. The highest BCUT2D eigenvalue weighted by Gasteiger charge is 2.20. The Morgan fingerprint density at radius 2 is 2.11 bits per heavy atom. The first-order chi connectivity index (χ1) is 8.70. The fourth-order valence-electron chi connectivity index (χ4n) is 2.53. The van der Waals surface area contributed by atoms with Crippen LogP contribution in [0.5, 0.6) is 0 Å². The molecule has 0 spiro atoms. The average Bonchev–Trinajstić information content (AvgIpc) is 2.39. The Hall–Kier alpha value is -1.29. The van der Waals surface area contributed by atoms with Gasteiger partial charge in [-0.15, -0.1) is 0 Å². The van der Waals surface area contributed by atoms with Crippen molar-refractivity contribution in [2.75, 3.05) is 43.9 Å². The van der Waals surface area contributed by atoms with Gasteiger partial charge in [0.15, 0.2) is 0 Å². The number of hydrogen-bond donors (Lipinski definition) is 1. The largest absolute Gasteiger partial charge is 0.371 e. The van der Waals surface area contributed by atoms with E-state index in [1.54, 1.807) is 0 Å². The monoisotopic (exact) mass is 248 g/mol. The summed E-state index contributed by atoms with van der Waals surface area (Å²) in [6.45, 7) is 5.28. The van der Waals surface area contributed by atoms with Crippen LogP contribution in [0.25, 0.3) is 0 Å². The highest BCUT2D eigenvalue weighted by atomic mass is 15.2. The minimum Gasteiger partial charge on any atom is -0.371 e. The van der Waals surface area contributed by atoms with Gasteiger partial charge in [-0.1, -0.05) is 0 Å². The molecule has 0 unspecified atom stereocenters. The lowest BCUT2D eigenvalue weighted by Gasteiger charge is -2.36. The van der Waals surface area contributed by atoms with Crippen LogP contribution in [0, 0.1) is 0 Å². The summed E-state index contributed by atoms with van der Waals surface area (Å²) < 4.78 is 0. The molecule has 2 heterocycles. The van der Waals surface area contributed by atoms with Gasteiger partial charge in [0.2, 0.25) is 0 Å². The first-order valence-electron chi connectivity index (χ1n) is 6.82. The molecule has 1 aliphatic heterocycles. The standard InChI is InChI=1S/C14H24N4/c1-4-15-14-11-13(5-8-16-14)18-9-6-12(7-10-18)17(2)3/h5,8,11-12H,4,6-7,9-10H2,1-3H3,(H,15,16). The number of nitrogens with zero attached hydrogens (tertiary/aromatic N) is 3. The summed E-state index contributed by atoms with van der Waals surface area (Å²) in [7, 11) is 4.35. The normalized spacial score (nSPS) is 17.2. The van der Waals surface area contributed by atoms with Crippen LogP contribution in [0.3, 0.4) is 0 Å². The van der Waals surface area contributed by atoms with Crippen LogP contribution < -0.4 is 10.2 Å². The second-order valence-electron chi connectivity index (χ2n) is 5.11. The Morgan fingerprint density at radius 3 is 2.72 bits per heavy atom. The third kappa shape index (κ3) is 3.13. The lowest BCUT2D eigenvalue weighted by atomic mass is 10.0. The van der Waals surface area contributed by atoms with Gasteiger partial charge in [0.05, 0.1) is 0 Å². The maximum atomic E-state index is 4.32. The van der Waals surface area contributed by atoms with Crippen molar-refractivity contribution >= 4 is 11.5 Å². The molecule has 4 nitrogen and oxygen atoms in total. The van der Waals surface area contributed by atoms with Crippen molar-refractivity contribution in [3.05, 3.63) is 18.3 Å². The van der Waals surface area contributed by atoms with E-state index in [-0.39, 0.29) is 0 Å². The van der Waals surface area contributed by atoms with Gasteiger partial charge in [0.1, 0.15) is 5.82 Å². The first-order valence-corrected chi connectivity index (χ1v) is 6.82. The lowest BCUT2D eigenvalue weighted by molar-refractivity contribution is 0.249. The Morgan fingerprint density at radius 1 is 1.39 bits per heavy atom. The van der Waals surface area contributed by atoms with Crippen LogP contribution in [-0.4, -0.2) is 49.7 Å². The lowest BCUT2D eigenvalue weighted by Crippen LogP contribution is -2.42. The van der Waals surface area contributed by atoms with Crippen LogP contribution in [0.1, 0.15) is 19.8 Å². The Labute approximate surface area is 110 Å². The minimum atomic E-state index is 0.733. The minimum absolute atomic E-state index is 0.733. The Kier molecular flexibility index (Phi) is 4.42. The van der Waals surface area contributed by atoms with Gasteiger partial charge in [-0.05, 0) is 39.9 Å². The molecular weight excluding hydrogens is 224 g/mol. The van der Waals surface area contributed by atoms with Gasteiger partial charge < -0.3 is 15.1 Å². The molecule has 4 heteroatoms. The van der Waals surface area contributed by atoms with Crippen molar-refractivity contribution in [3.8, 4) is 0 Å². The van der Waals surface area contributed by atoms with Gasteiger partial charge in [0.25, 0.3) is 0 Å². The molecule has 0 atom stereocenters. The highest BCUT2D eigenvalue weighted by Crippen LogP contribution is 2.23. The summed E-state index contributed by atoms with van der Waals surface area (Å²) in [4.78, 5) is 9.12. The molecule has 2 rings (SSSR count). The number of nitrogens with one attached hydrogen (secondary N) is 1. The summed E-state index contributed by atoms with van der Waals surface area (Å²) >= 11 is 0. The van der Waals surface area contributed by atoms with Crippen molar-refractivity contribution in [2.45, 2.75) is 25.8 Å². The van der Waals surface area contributed by atoms with E-state index in [2.05, 4.69) is 53.3 Å². The van der Waals surface area contributed by atoms with Crippen LogP contribution in [0.4, 0.5) is 11.5 Å². The molecule has 100 valence electrons. The molecule has 1 fully saturated rings. The summed E-state index contributed by atoms with van der Waals surface area (Å²) in [5, 5.41) is 3.27. The molecule has 0 bridgehead atoms. The Balaban J connectivity index is 1.98. The van der Waals surface area contributed by atoms with Crippen molar-refractivity contribution in [1.82, 2.24) is 9.88 Å². The molecule has 0 saturated carbocycles. The molecule has 1 aromatic rings. The number of rotatable bonds is 4. The molecule has 1 N–H and O–H groups in total. The fourth-order valence-corrected chi connectivity index (χ4v) is 2.53. The van der Waals surface area contributed by atoms with Gasteiger partial charge in [0, 0.05) is 43.6 Å². The van der Waals surface area contributed by atoms with E-state index in [0.29, 0.717) is 0 Å². The van der Waals surface area contributed by atoms with Gasteiger partial charge in [-0.2, -0.15) is 0 Å². The van der Waals surface area contributed by atoms with E-state index in [4.69, 9.17) is 0 Å². The van der Waals surface area contributed by atoms with E-state index >= 15 is 0 Å². The number of anilines is 2. The van der Waals surface area contributed by atoms with Crippen molar-refractivity contribution in [2.24, 2.45) is 0 Å². The molecule has 18 heavy (non-hydrogen) atoms. The van der Waals surface area contributed by atoms with Gasteiger partial charge in [-0.25, -0.2) is 4.98 Å². The second kappa shape index (κ2) is 6.05. The predicted octanol–water partition coefficient (Wildman–Crippen LogP) is 2.04. The smallest absolute Gasteiger partial charge is 0.127 e. The number of aromatic nitrogens is 1. The average molecular weight is 248 g/mol. The van der Waals surface area contributed by atoms with Crippen molar-refractivity contribution < 1.29 is 0 Å². The van der Waals surface area contributed by atoms with E-state index in [0.717, 1.165) is 31.5 Å². The molecule has 0 aliphatic carbocycles. The maximum Gasteiger partial charge on any atom is 0.127 e. The predicted molar refractivity (Wildman–Crippen MR) is 77.3 cm³/mol. The van der Waals surface area contributed by atoms with E-state index in [1.807, 2.05) is 6.20 Å². The van der Waals surface area contributed by atoms with Crippen molar-refractivity contribution in [3.63, 3.8) is 0 Å². The van der Waals surface area contributed by atoms with E-state index in [9.17, 15) is 0 Å². The van der Waals surface area contributed by atoms with Gasteiger partial charge >= 0.3 is 0 Å². The molecule has 0 aromatic carbocycles. The molecule has 0 radical (unpaired) electrons. The fraction of sp³-hybridized carbons (Fsp3) is 0.643. The highest BCUT2D eigenvalue weighted by molar-refractivity contribution is 5.54. The zero-order valence-corrected chi connectivity index (χ0v) is 11.7. The molecular formula is C14H24N4. The van der Waals surface area contributed by atoms with E-state index < -0.39 is 0 Å². The van der Waals surface area contributed by atoms with Crippen LogP contribution in [-0.2, 0) is 0 Å². The molecule has 1 saturated heterocycles. The maximum absolute atomic E-state index is 4.32. The SMILES string of the molecule is CCNc1cc(N2CCC(N(C)C)CC2)ccn1. The number of pyridine rings is 1. The summed E-state index contributed by atoms with van der Waals surface area (Å²) in [6, 6.07) is 4.99. The number of hydrogen-bond acceptors (Lipinski definition) is 4. The summed E-state index contributed by atoms with van der Waals surface area (Å²) in [6.07, 6.45) is 4.38. The topological polar surface area (TPSA) is 31.4 Å². The summed E-state index contributed by atoms with van der Waals surface area (Å²) in [5.41, 5.74) is 1.29. The number of piperidine rings is 1. The van der Waals surface area contributed by atoms with Gasteiger partial charge in [-0.3, -0.25) is 0 Å². The summed E-state index contributed by atoms with van der Waals surface area (Å²) in [5.74, 6) is 0.977. The zero-order chi connectivity index (χ0) is 13.0. The van der Waals surface area contributed by atoms with E-state index in [1.165, 1.54) is 18.5 Å². The molecule has 1 aromatic heterocycles. The first kappa shape index (κ1) is 13.1. The Bertz CT molecular complexity index is 370. The van der Waals surface area contributed by atoms with Crippen LogP contribution in [0.15, 0.2) is 18.3 Å². The van der Waals surface area contributed by atoms with Crippen LogP contribution in [0.2, 0.25) is 0 Å². The molecule has 0 amide bonds. The molecule has 1 aliphatic rings.